The molecule has 27 heavy (non-hydrogen) atoms. The lowest BCUT2D eigenvalue weighted by molar-refractivity contribution is -0.119. The second-order valence-electron chi connectivity index (χ2n) is 6.15. The molecule has 0 saturated carbocycles. The molecule has 0 aliphatic heterocycles. The fraction of sp³-hybridized carbons (Fsp3) is 0.368. The summed E-state index contributed by atoms with van der Waals surface area (Å²) in [5.41, 5.74) is 0.943. The Bertz CT molecular complexity index is 1020. The maximum Gasteiger partial charge on any atom is 0.267 e. The van der Waals surface area contributed by atoms with Crippen LogP contribution in [0.5, 0.6) is 5.75 Å². The second-order valence-corrected chi connectivity index (χ2v) is 6.15. The molecule has 0 aliphatic carbocycles. The molecule has 3 aromatic rings. The molecule has 1 unspecified atom stereocenters. The Labute approximate surface area is 156 Å². The predicted octanol–water partition coefficient (Wildman–Crippen LogP) is 2.99. The Kier molecular flexibility index (Phi) is 5.25. The van der Waals surface area contributed by atoms with E-state index < -0.39 is 6.04 Å². The maximum atomic E-state index is 12.9. The van der Waals surface area contributed by atoms with Gasteiger partial charge in [0.25, 0.3) is 11.3 Å². The van der Waals surface area contributed by atoms with Crippen LogP contribution in [0.2, 0.25) is 0 Å². The molecule has 0 fully saturated rings. The summed E-state index contributed by atoms with van der Waals surface area (Å²) in [6.07, 6.45) is 0.432. The first kappa shape index (κ1) is 18.6. The minimum absolute atomic E-state index is 0.188. The summed E-state index contributed by atoms with van der Waals surface area (Å²) in [6.45, 7) is 7.67. The van der Waals surface area contributed by atoms with Crippen molar-refractivity contribution in [2.75, 3.05) is 11.9 Å². The number of fused-ring (bicyclic) bond motifs is 1. The molecule has 0 saturated heterocycles. The van der Waals surface area contributed by atoms with E-state index in [-0.39, 0.29) is 17.2 Å². The zero-order valence-electron chi connectivity index (χ0n) is 15.8. The van der Waals surface area contributed by atoms with Gasteiger partial charge in [-0.25, -0.2) is 0 Å². The van der Waals surface area contributed by atoms with E-state index in [1.165, 1.54) is 4.57 Å². The minimum Gasteiger partial charge on any atom is -0.494 e. The van der Waals surface area contributed by atoms with Gasteiger partial charge in [0.15, 0.2) is 0 Å². The zero-order valence-corrected chi connectivity index (χ0v) is 15.8. The summed E-state index contributed by atoms with van der Waals surface area (Å²) in [5.74, 6) is 0.839. The van der Waals surface area contributed by atoms with Crippen LogP contribution >= 0.6 is 0 Å². The predicted molar refractivity (Wildman–Crippen MR) is 101 cm³/mol. The third-order valence-electron chi connectivity index (χ3n) is 4.32. The van der Waals surface area contributed by atoms with Crippen molar-refractivity contribution < 1.29 is 14.1 Å². The highest BCUT2D eigenvalue weighted by atomic mass is 16.5. The van der Waals surface area contributed by atoms with Crippen LogP contribution in [0, 0.1) is 13.8 Å². The average molecular weight is 370 g/mol. The molecule has 1 aromatic carbocycles. The maximum absolute atomic E-state index is 12.9. The first-order valence-corrected chi connectivity index (χ1v) is 8.85. The van der Waals surface area contributed by atoms with Crippen LogP contribution in [0.15, 0.2) is 33.6 Å². The number of hydrogen-bond donors (Lipinski definition) is 1. The van der Waals surface area contributed by atoms with Gasteiger partial charge in [-0.2, -0.15) is 4.98 Å². The number of aryl methyl sites for hydroxylation is 2. The molecule has 1 N–H and O–H groups in total. The number of hydrogen-bond acceptors (Lipinski definition) is 6. The number of anilines is 1. The normalized spacial score (nSPS) is 12.1. The molecular weight excluding hydrogens is 348 g/mol. The van der Waals surface area contributed by atoms with E-state index in [2.05, 4.69) is 15.5 Å². The second kappa shape index (κ2) is 7.61. The van der Waals surface area contributed by atoms with Crippen LogP contribution in [0.25, 0.3) is 11.1 Å². The lowest BCUT2D eigenvalue weighted by Crippen LogP contribution is -2.35. The number of carbonyl (C=O) groups is 1. The van der Waals surface area contributed by atoms with Crippen LogP contribution < -0.4 is 15.6 Å². The van der Waals surface area contributed by atoms with Crippen LogP contribution in [0.3, 0.4) is 0 Å². The first-order chi connectivity index (χ1) is 13.0. The first-order valence-electron chi connectivity index (χ1n) is 8.85. The Hall–Kier alpha value is -3.16. The molecule has 0 radical (unpaired) electrons. The van der Waals surface area contributed by atoms with Gasteiger partial charge in [-0.3, -0.25) is 14.2 Å². The molecular formula is C19H22N4O4. The van der Waals surface area contributed by atoms with E-state index in [1.807, 2.05) is 13.8 Å². The van der Waals surface area contributed by atoms with E-state index >= 15 is 0 Å². The smallest absolute Gasteiger partial charge is 0.267 e. The number of benzene rings is 1. The molecule has 2 aromatic heterocycles. The highest BCUT2D eigenvalue weighted by Crippen LogP contribution is 2.20. The largest absolute Gasteiger partial charge is 0.494 e. The standard InChI is InChI=1S/C19H22N4O4/c1-5-15(17(24)21-13-7-9-14(10-8-13)26-6-2)23-12(4)20-18-16(19(23)25)11(3)22-27-18/h7-10,15H,5-6H2,1-4H3,(H,21,24). The van der Waals surface area contributed by atoms with Gasteiger partial charge in [0, 0.05) is 5.69 Å². The molecule has 2 heterocycles. The Morgan fingerprint density at radius 1 is 1.26 bits per heavy atom. The highest BCUT2D eigenvalue weighted by Gasteiger charge is 2.25. The zero-order chi connectivity index (χ0) is 19.6. The van der Waals surface area contributed by atoms with Crippen LogP contribution in [0.1, 0.15) is 37.8 Å². The third kappa shape index (κ3) is 3.55. The number of ether oxygens (including phenoxy) is 1. The van der Waals surface area contributed by atoms with Crippen molar-refractivity contribution >= 4 is 22.7 Å². The fourth-order valence-corrected chi connectivity index (χ4v) is 3.03. The number of nitrogens with zero attached hydrogens (tertiary/aromatic N) is 3. The van der Waals surface area contributed by atoms with E-state index in [0.29, 0.717) is 35.6 Å². The minimum atomic E-state index is -0.699. The van der Waals surface area contributed by atoms with Gasteiger partial charge in [-0.1, -0.05) is 12.1 Å². The molecule has 0 spiro atoms. The molecule has 8 heteroatoms. The van der Waals surface area contributed by atoms with Crippen molar-refractivity contribution in [2.45, 2.75) is 40.2 Å². The van der Waals surface area contributed by atoms with Gasteiger partial charge in [0.05, 0.1) is 12.3 Å². The molecule has 3 rings (SSSR count). The van der Waals surface area contributed by atoms with E-state index in [4.69, 9.17) is 9.26 Å². The molecule has 1 amide bonds. The van der Waals surface area contributed by atoms with E-state index in [1.54, 1.807) is 38.1 Å². The number of aromatic nitrogens is 3. The topological polar surface area (TPSA) is 99.2 Å². The van der Waals surface area contributed by atoms with Crippen LogP contribution in [-0.4, -0.2) is 27.2 Å². The van der Waals surface area contributed by atoms with Crippen molar-refractivity contribution in [3.63, 3.8) is 0 Å². The molecule has 0 aliphatic rings. The monoisotopic (exact) mass is 370 g/mol. The lowest BCUT2D eigenvalue weighted by Gasteiger charge is -2.19. The summed E-state index contributed by atoms with van der Waals surface area (Å²) < 4.78 is 11.9. The highest BCUT2D eigenvalue weighted by molar-refractivity contribution is 5.94. The summed E-state index contributed by atoms with van der Waals surface area (Å²) in [4.78, 5) is 30.1. The Balaban J connectivity index is 1.92. The summed E-state index contributed by atoms with van der Waals surface area (Å²) >= 11 is 0. The molecule has 0 bridgehead atoms. The SMILES string of the molecule is CCOc1ccc(NC(=O)C(CC)n2c(C)nc3onc(C)c3c2=O)cc1. The molecule has 1 atom stereocenters. The van der Waals surface area contributed by atoms with Crippen LogP contribution in [0.4, 0.5) is 5.69 Å². The molecule has 142 valence electrons. The van der Waals surface area contributed by atoms with Gasteiger partial charge < -0.3 is 14.6 Å². The number of carbonyl (C=O) groups excluding carboxylic acids is 1. The van der Waals surface area contributed by atoms with Crippen molar-refractivity contribution in [2.24, 2.45) is 0 Å². The molecule has 8 nitrogen and oxygen atoms in total. The summed E-state index contributed by atoms with van der Waals surface area (Å²) in [5, 5.41) is 6.95. The Morgan fingerprint density at radius 2 is 1.96 bits per heavy atom. The Morgan fingerprint density at radius 3 is 2.59 bits per heavy atom. The summed E-state index contributed by atoms with van der Waals surface area (Å²) in [6, 6.07) is 6.39. The van der Waals surface area contributed by atoms with Crippen LogP contribution in [-0.2, 0) is 4.79 Å². The van der Waals surface area contributed by atoms with Crippen molar-refractivity contribution in [1.29, 1.82) is 0 Å². The number of amides is 1. The summed E-state index contributed by atoms with van der Waals surface area (Å²) in [7, 11) is 0. The van der Waals surface area contributed by atoms with Gasteiger partial charge >= 0.3 is 0 Å². The van der Waals surface area contributed by atoms with Crippen molar-refractivity contribution in [1.82, 2.24) is 14.7 Å². The van der Waals surface area contributed by atoms with Gasteiger partial charge in [-0.05, 0) is 51.5 Å². The van der Waals surface area contributed by atoms with Crippen molar-refractivity contribution in [3.05, 3.63) is 46.1 Å². The van der Waals surface area contributed by atoms with E-state index in [9.17, 15) is 9.59 Å². The number of nitrogens with one attached hydrogen (secondary N) is 1. The third-order valence-corrected chi connectivity index (χ3v) is 4.32. The fourth-order valence-electron chi connectivity index (χ4n) is 3.03. The average Bonchev–Trinajstić information content (AvgIpc) is 3.01. The van der Waals surface area contributed by atoms with E-state index in [0.717, 1.165) is 5.75 Å². The van der Waals surface area contributed by atoms with Gasteiger partial charge in [0.2, 0.25) is 5.91 Å². The van der Waals surface area contributed by atoms with Crippen molar-refractivity contribution in [3.8, 4) is 5.75 Å². The van der Waals surface area contributed by atoms with Gasteiger partial charge in [0.1, 0.15) is 23.0 Å². The quantitative estimate of drug-likeness (QED) is 0.716. The lowest BCUT2D eigenvalue weighted by atomic mass is 10.1. The van der Waals surface area contributed by atoms with Gasteiger partial charge in [-0.15, -0.1) is 0 Å². The number of rotatable bonds is 6.